The Morgan fingerprint density at radius 2 is 2.04 bits per heavy atom. The molecule has 0 aromatic heterocycles. The van der Waals surface area contributed by atoms with E-state index in [2.05, 4.69) is 15.6 Å². The maximum absolute atomic E-state index is 12.3. The third-order valence-corrected chi connectivity index (χ3v) is 7.14. The van der Waals surface area contributed by atoms with Crippen LogP contribution < -0.4 is 10.6 Å². The zero-order chi connectivity index (χ0) is 18.7. The fourth-order valence-corrected chi connectivity index (χ4v) is 5.34. The van der Waals surface area contributed by atoms with Gasteiger partial charge >= 0.3 is 0 Å². The van der Waals surface area contributed by atoms with Crippen LogP contribution in [-0.2, 0) is 19.5 Å². The van der Waals surface area contributed by atoms with E-state index < -0.39 is 10.0 Å². The van der Waals surface area contributed by atoms with Gasteiger partial charge in [0, 0.05) is 57.9 Å². The first-order chi connectivity index (χ1) is 12.6. The van der Waals surface area contributed by atoms with Crippen molar-refractivity contribution in [2.45, 2.75) is 25.4 Å². The van der Waals surface area contributed by atoms with Gasteiger partial charge in [-0.05, 0) is 19.3 Å². The summed E-state index contributed by atoms with van der Waals surface area (Å²) >= 11 is 1.80. The lowest BCUT2D eigenvalue weighted by atomic mass is 10.2. The lowest BCUT2D eigenvalue weighted by Gasteiger charge is -2.25. The largest absolute Gasteiger partial charge is 0.379 e. The number of ether oxygens (including phenoxy) is 2. The Morgan fingerprint density at radius 3 is 2.70 bits per heavy atom. The second-order valence-corrected chi connectivity index (χ2v) is 9.63. The molecule has 11 heteroatoms. The predicted molar refractivity (Wildman–Crippen MR) is 122 cm³/mol. The van der Waals surface area contributed by atoms with E-state index in [9.17, 15) is 8.42 Å². The van der Waals surface area contributed by atoms with Gasteiger partial charge in [-0.3, -0.25) is 4.99 Å². The van der Waals surface area contributed by atoms with E-state index in [1.54, 1.807) is 23.1 Å². The van der Waals surface area contributed by atoms with Crippen molar-refractivity contribution in [3.8, 4) is 0 Å². The molecular weight excluding hydrogens is 503 g/mol. The molecule has 0 aromatic rings. The molecule has 160 valence electrons. The minimum absolute atomic E-state index is 0. The topological polar surface area (TPSA) is 92.3 Å². The van der Waals surface area contributed by atoms with Crippen molar-refractivity contribution in [1.82, 2.24) is 14.9 Å². The molecule has 0 aliphatic carbocycles. The van der Waals surface area contributed by atoms with Crippen LogP contribution in [0.15, 0.2) is 4.99 Å². The van der Waals surface area contributed by atoms with Crippen LogP contribution in [0.4, 0.5) is 0 Å². The number of hydrogen-bond donors (Lipinski definition) is 2. The maximum Gasteiger partial charge on any atom is 0.215 e. The number of guanidine groups is 1. The van der Waals surface area contributed by atoms with Crippen LogP contribution in [-0.4, -0.2) is 95.1 Å². The van der Waals surface area contributed by atoms with Crippen LogP contribution in [0.3, 0.4) is 0 Å². The second kappa shape index (κ2) is 14.2. The lowest BCUT2D eigenvalue weighted by Crippen LogP contribution is -2.44. The molecule has 1 unspecified atom stereocenters. The number of sulfonamides is 1. The summed E-state index contributed by atoms with van der Waals surface area (Å²) < 4.78 is 37.3. The summed E-state index contributed by atoms with van der Waals surface area (Å²) in [5.74, 6) is 2.46. The van der Waals surface area contributed by atoms with Gasteiger partial charge in [-0.25, -0.2) is 12.7 Å². The van der Waals surface area contributed by atoms with Gasteiger partial charge in [0.05, 0.1) is 18.5 Å². The third-order valence-electron chi connectivity index (χ3n) is 4.33. The van der Waals surface area contributed by atoms with Crippen molar-refractivity contribution < 1.29 is 17.9 Å². The first kappa shape index (κ1) is 25.2. The number of rotatable bonds is 10. The van der Waals surface area contributed by atoms with Crippen molar-refractivity contribution in [1.29, 1.82) is 0 Å². The van der Waals surface area contributed by atoms with Crippen molar-refractivity contribution in [3.05, 3.63) is 0 Å². The van der Waals surface area contributed by atoms with Crippen molar-refractivity contribution in [3.63, 3.8) is 0 Å². The maximum atomic E-state index is 12.3. The summed E-state index contributed by atoms with van der Waals surface area (Å²) in [6.07, 6.45) is 3.34. The minimum Gasteiger partial charge on any atom is -0.379 e. The van der Waals surface area contributed by atoms with E-state index >= 15 is 0 Å². The summed E-state index contributed by atoms with van der Waals surface area (Å²) in [6, 6.07) is 0. The van der Waals surface area contributed by atoms with Crippen molar-refractivity contribution in [2.75, 3.05) is 70.3 Å². The molecule has 0 amide bonds. The SMILES string of the molecule is CN=C(NCCCOCC1CCCO1)NCCS(=O)(=O)N1CCSCC1.I. The van der Waals surface area contributed by atoms with Gasteiger partial charge in [-0.15, -0.1) is 24.0 Å². The average Bonchev–Trinajstić information content (AvgIpc) is 3.17. The number of halogens is 1. The molecule has 0 radical (unpaired) electrons. The molecule has 2 heterocycles. The zero-order valence-electron chi connectivity index (χ0n) is 16.0. The molecule has 2 aliphatic rings. The highest BCUT2D eigenvalue weighted by Crippen LogP contribution is 2.13. The van der Waals surface area contributed by atoms with E-state index in [1.165, 1.54) is 0 Å². The third kappa shape index (κ3) is 9.97. The number of nitrogens with one attached hydrogen (secondary N) is 2. The Balaban J connectivity index is 0.00000364. The molecule has 1 atom stereocenters. The molecule has 0 bridgehead atoms. The minimum atomic E-state index is -3.19. The molecule has 2 rings (SSSR count). The molecule has 2 fully saturated rings. The highest BCUT2D eigenvalue weighted by atomic mass is 127. The molecular formula is C16H33IN4O4S2. The summed E-state index contributed by atoms with van der Waals surface area (Å²) in [7, 11) is -1.50. The van der Waals surface area contributed by atoms with Crippen LogP contribution in [0.1, 0.15) is 19.3 Å². The van der Waals surface area contributed by atoms with E-state index in [1.807, 2.05) is 0 Å². The second-order valence-electron chi connectivity index (χ2n) is 6.32. The highest BCUT2D eigenvalue weighted by Gasteiger charge is 2.23. The zero-order valence-corrected chi connectivity index (χ0v) is 20.0. The molecule has 0 spiro atoms. The summed E-state index contributed by atoms with van der Waals surface area (Å²) in [5, 5.41) is 6.25. The molecule has 0 aromatic carbocycles. The van der Waals surface area contributed by atoms with Gasteiger partial charge in [0.1, 0.15) is 0 Å². The monoisotopic (exact) mass is 536 g/mol. The predicted octanol–water partition coefficient (Wildman–Crippen LogP) is 0.734. The van der Waals surface area contributed by atoms with E-state index in [4.69, 9.17) is 9.47 Å². The smallest absolute Gasteiger partial charge is 0.215 e. The average molecular weight is 537 g/mol. The Labute approximate surface area is 184 Å². The molecule has 2 saturated heterocycles. The van der Waals surface area contributed by atoms with E-state index in [0.717, 1.165) is 43.9 Å². The Morgan fingerprint density at radius 1 is 1.30 bits per heavy atom. The Kier molecular flexibility index (Phi) is 13.3. The van der Waals surface area contributed by atoms with Gasteiger partial charge in [-0.2, -0.15) is 11.8 Å². The van der Waals surface area contributed by atoms with Gasteiger partial charge in [-0.1, -0.05) is 0 Å². The standard InChI is InChI=1S/C16H32N4O4S2.HI/c1-17-16(18-5-3-9-23-14-15-4-2-10-24-15)19-6-13-26(21,22)20-7-11-25-12-8-20;/h15H,2-14H2,1H3,(H2,17,18,19);1H. The lowest BCUT2D eigenvalue weighted by molar-refractivity contribution is 0.0168. The highest BCUT2D eigenvalue weighted by molar-refractivity contribution is 14.0. The van der Waals surface area contributed by atoms with Crippen LogP contribution in [0.2, 0.25) is 0 Å². The van der Waals surface area contributed by atoms with Gasteiger partial charge in [0.2, 0.25) is 10.0 Å². The summed E-state index contributed by atoms with van der Waals surface area (Å²) in [5.41, 5.74) is 0. The molecule has 2 aliphatic heterocycles. The Bertz CT molecular complexity index is 525. The van der Waals surface area contributed by atoms with Crippen molar-refractivity contribution in [2.24, 2.45) is 4.99 Å². The fourth-order valence-electron chi connectivity index (χ4n) is 2.84. The quantitative estimate of drug-likeness (QED) is 0.184. The van der Waals surface area contributed by atoms with Gasteiger partial charge < -0.3 is 20.1 Å². The molecule has 2 N–H and O–H groups in total. The van der Waals surface area contributed by atoms with E-state index in [-0.39, 0.29) is 35.8 Å². The molecule has 0 saturated carbocycles. The normalized spacial score (nSPS) is 21.7. The first-order valence-electron chi connectivity index (χ1n) is 9.31. The number of nitrogens with zero attached hydrogens (tertiary/aromatic N) is 2. The number of aliphatic imine (C=N–C) groups is 1. The number of thioether (sulfide) groups is 1. The number of hydrogen-bond acceptors (Lipinski definition) is 6. The Hall–Kier alpha value is 0.180. The van der Waals surface area contributed by atoms with Crippen LogP contribution in [0.25, 0.3) is 0 Å². The van der Waals surface area contributed by atoms with Crippen molar-refractivity contribution >= 4 is 51.7 Å². The fraction of sp³-hybridized carbons (Fsp3) is 0.938. The molecule has 27 heavy (non-hydrogen) atoms. The van der Waals surface area contributed by atoms with Gasteiger partial charge in [0.25, 0.3) is 0 Å². The summed E-state index contributed by atoms with van der Waals surface area (Å²) in [6.45, 7) is 4.50. The molecule has 8 nitrogen and oxygen atoms in total. The van der Waals surface area contributed by atoms with Crippen LogP contribution >= 0.6 is 35.7 Å². The first-order valence-corrected chi connectivity index (χ1v) is 12.1. The van der Waals surface area contributed by atoms with E-state index in [0.29, 0.717) is 38.8 Å². The van der Waals surface area contributed by atoms with Crippen LogP contribution in [0, 0.1) is 0 Å². The van der Waals surface area contributed by atoms with Gasteiger partial charge in [0.15, 0.2) is 5.96 Å². The van der Waals surface area contributed by atoms with Crippen LogP contribution in [0.5, 0.6) is 0 Å². The summed E-state index contributed by atoms with van der Waals surface area (Å²) in [4.78, 5) is 4.12.